The number of benzene rings is 1. The Bertz CT molecular complexity index is 521. The lowest BCUT2D eigenvalue weighted by Crippen LogP contribution is -2.25. The Kier molecular flexibility index (Phi) is 4.42. The van der Waals surface area contributed by atoms with Crippen molar-refractivity contribution in [3.8, 4) is 0 Å². The quantitative estimate of drug-likeness (QED) is 0.817. The molecule has 4 nitrogen and oxygen atoms in total. The van der Waals surface area contributed by atoms with Crippen LogP contribution in [0.5, 0.6) is 0 Å². The van der Waals surface area contributed by atoms with Gasteiger partial charge >= 0.3 is 0 Å². The lowest BCUT2D eigenvalue weighted by molar-refractivity contribution is 0.101. The van der Waals surface area contributed by atoms with Crippen LogP contribution in [0, 0.1) is 6.92 Å². The lowest BCUT2D eigenvalue weighted by Gasteiger charge is -2.09. The third kappa shape index (κ3) is 3.38. The van der Waals surface area contributed by atoms with Crippen LogP contribution in [0.4, 0.5) is 0 Å². The average molecular weight is 255 g/mol. The maximum Gasteiger partial charge on any atom is 0.240 e. The molecule has 5 heteroatoms. The Hall–Kier alpha value is -1.20. The van der Waals surface area contributed by atoms with Gasteiger partial charge in [0.05, 0.1) is 4.90 Å². The van der Waals surface area contributed by atoms with Crippen LogP contribution >= 0.6 is 0 Å². The van der Waals surface area contributed by atoms with Gasteiger partial charge in [0.1, 0.15) is 0 Å². The number of Topliss-reactive ketones (excluding diaryl/α,β-unsaturated/α-hetero) is 1. The second-order valence-electron chi connectivity index (χ2n) is 3.93. The molecule has 1 rings (SSSR count). The van der Waals surface area contributed by atoms with Gasteiger partial charge in [-0.15, -0.1) is 0 Å². The first kappa shape index (κ1) is 13.9. The summed E-state index contributed by atoms with van der Waals surface area (Å²) >= 11 is 0. The van der Waals surface area contributed by atoms with Gasteiger partial charge in [-0.2, -0.15) is 0 Å². The molecule has 1 aromatic carbocycles. The Morgan fingerprint density at radius 1 is 1.35 bits per heavy atom. The molecule has 0 fully saturated rings. The summed E-state index contributed by atoms with van der Waals surface area (Å²) in [7, 11) is -3.51. The Morgan fingerprint density at radius 2 is 2.00 bits per heavy atom. The number of sulfonamides is 1. The van der Waals surface area contributed by atoms with Crippen LogP contribution in [0.3, 0.4) is 0 Å². The predicted molar refractivity (Wildman–Crippen MR) is 66.7 cm³/mol. The Balaban J connectivity index is 3.20. The van der Waals surface area contributed by atoms with Crippen LogP contribution in [0.2, 0.25) is 0 Å². The molecule has 0 amide bonds. The van der Waals surface area contributed by atoms with Crippen molar-refractivity contribution in [2.24, 2.45) is 0 Å². The minimum absolute atomic E-state index is 0.142. The van der Waals surface area contributed by atoms with Crippen molar-refractivity contribution in [2.75, 3.05) is 6.54 Å². The van der Waals surface area contributed by atoms with E-state index < -0.39 is 10.0 Å². The average Bonchev–Trinajstić information content (AvgIpc) is 2.26. The standard InChI is InChI=1S/C12H17NO3S/c1-4-7-13-17(15,16)12-8-11(10(3)14)6-5-9(12)2/h5-6,8,13H,4,7H2,1-3H3. The molecule has 0 aromatic heterocycles. The van der Waals surface area contributed by atoms with Gasteiger partial charge in [0, 0.05) is 12.1 Å². The van der Waals surface area contributed by atoms with E-state index in [0.29, 0.717) is 17.7 Å². The molecule has 1 N–H and O–H groups in total. The third-order valence-electron chi connectivity index (χ3n) is 2.43. The van der Waals surface area contributed by atoms with Crippen molar-refractivity contribution >= 4 is 15.8 Å². The molecular formula is C12H17NO3S. The number of carbonyl (C=O) groups is 1. The molecule has 94 valence electrons. The normalized spacial score (nSPS) is 11.5. The molecule has 0 heterocycles. The number of aryl methyl sites for hydroxylation is 1. The van der Waals surface area contributed by atoms with Crippen molar-refractivity contribution < 1.29 is 13.2 Å². The number of carbonyl (C=O) groups excluding carboxylic acids is 1. The first-order valence-electron chi connectivity index (χ1n) is 5.49. The summed E-state index contributed by atoms with van der Waals surface area (Å²) in [6.07, 6.45) is 0.727. The highest BCUT2D eigenvalue weighted by molar-refractivity contribution is 7.89. The summed E-state index contributed by atoms with van der Waals surface area (Å²) in [6.45, 7) is 5.42. The van der Waals surface area contributed by atoms with Crippen LogP contribution in [0.25, 0.3) is 0 Å². The molecule has 1 aromatic rings. The first-order valence-corrected chi connectivity index (χ1v) is 6.98. The second-order valence-corrected chi connectivity index (χ2v) is 5.67. The molecule has 0 saturated heterocycles. The summed E-state index contributed by atoms with van der Waals surface area (Å²) < 4.78 is 26.4. The molecular weight excluding hydrogens is 238 g/mol. The van der Waals surface area contributed by atoms with E-state index in [4.69, 9.17) is 0 Å². The molecule has 0 aliphatic heterocycles. The zero-order chi connectivity index (χ0) is 13.1. The van der Waals surface area contributed by atoms with Gasteiger partial charge in [-0.25, -0.2) is 13.1 Å². The smallest absolute Gasteiger partial charge is 0.240 e. The molecule has 0 spiro atoms. The summed E-state index contributed by atoms with van der Waals surface area (Å²) in [5.41, 5.74) is 1.05. The van der Waals surface area contributed by atoms with Gasteiger partial charge in [0.2, 0.25) is 10.0 Å². The van der Waals surface area contributed by atoms with Crippen LogP contribution < -0.4 is 4.72 Å². The summed E-state index contributed by atoms with van der Waals surface area (Å²) in [6, 6.07) is 4.71. The van der Waals surface area contributed by atoms with Gasteiger partial charge in [-0.1, -0.05) is 19.1 Å². The molecule has 0 saturated carbocycles. The molecule has 17 heavy (non-hydrogen) atoms. The fourth-order valence-electron chi connectivity index (χ4n) is 1.42. The molecule has 0 radical (unpaired) electrons. The minimum atomic E-state index is -3.51. The van der Waals surface area contributed by atoms with Gasteiger partial charge < -0.3 is 0 Å². The van der Waals surface area contributed by atoms with E-state index >= 15 is 0 Å². The minimum Gasteiger partial charge on any atom is -0.295 e. The maximum atomic E-state index is 12.0. The van der Waals surface area contributed by atoms with E-state index in [0.717, 1.165) is 6.42 Å². The largest absolute Gasteiger partial charge is 0.295 e. The summed E-state index contributed by atoms with van der Waals surface area (Å²) in [5, 5.41) is 0. The van der Waals surface area contributed by atoms with Gasteiger partial charge in [0.15, 0.2) is 5.78 Å². The van der Waals surface area contributed by atoms with Gasteiger partial charge in [-0.05, 0) is 31.9 Å². The number of nitrogens with one attached hydrogen (secondary N) is 1. The van der Waals surface area contributed by atoms with Gasteiger partial charge in [0.25, 0.3) is 0 Å². The molecule has 0 atom stereocenters. The van der Waals surface area contributed by atoms with E-state index in [-0.39, 0.29) is 10.7 Å². The fraction of sp³-hybridized carbons (Fsp3) is 0.417. The van der Waals surface area contributed by atoms with Crippen molar-refractivity contribution in [3.05, 3.63) is 29.3 Å². The highest BCUT2D eigenvalue weighted by Gasteiger charge is 2.17. The van der Waals surface area contributed by atoms with E-state index in [1.807, 2.05) is 6.92 Å². The van der Waals surface area contributed by atoms with Crippen molar-refractivity contribution in [3.63, 3.8) is 0 Å². The summed E-state index contributed by atoms with van der Waals surface area (Å²) in [5.74, 6) is -0.142. The summed E-state index contributed by atoms with van der Waals surface area (Å²) in [4.78, 5) is 11.4. The van der Waals surface area contributed by atoms with Crippen LogP contribution in [-0.4, -0.2) is 20.7 Å². The van der Waals surface area contributed by atoms with E-state index in [2.05, 4.69) is 4.72 Å². The molecule has 0 aliphatic rings. The second kappa shape index (κ2) is 5.42. The maximum absolute atomic E-state index is 12.0. The van der Waals surface area contributed by atoms with Crippen molar-refractivity contribution in [1.82, 2.24) is 4.72 Å². The van der Waals surface area contributed by atoms with Crippen LogP contribution in [0.15, 0.2) is 23.1 Å². The highest BCUT2D eigenvalue weighted by Crippen LogP contribution is 2.17. The molecule has 0 unspecified atom stereocenters. The van der Waals surface area contributed by atoms with E-state index in [1.165, 1.54) is 13.0 Å². The predicted octanol–water partition coefficient (Wildman–Crippen LogP) is 1.89. The zero-order valence-electron chi connectivity index (χ0n) is 10.3. The Morgan fingerprint density at radius 3 is 2.53 bits per heavy atom. The van der Waals surface area contributed by atoms with Crippen molar-refractivity contribution in [1.29, 1.82) is 0 Å². The Labute approximate surface area is 102 Å². The molecule has 0 aliphatic carbocycles. The molecule has 0 bridgehead atoms. The van der Waals surface area contributed by atoms with Crippen molar-refractivity contribution in [2.45, 2.75) is 32.1 Å². The van der Waals surface area contributed by atoms with Crippen LogP contribution in [-0.2, 0) is 10.0 Å². The number of hydrogen-bond acceptors (Lipinski definition) is 3. The number of rotatable bonds is 5. The van der Waals surface area contributed by atoms with Gasteiger partial charge in [-0.3, -0.25) is 4.79 Å². The van der Waals surface area contributed by atoms with E-state index in [1.54, 1.807) is 19.1 Å². The fourth-order valence-corrected chi connectivity index (χ4v) is 2.83. The topological polar surface area (TPSA) is 63.2 Å². The van der Waals surface area contributed by atoms with E-state index in [9.17, 15) is 13.2 Å². The lowest BCUT2D eigenvalue weighted by atomic mass is 10.1. The van der Waals surface area contributed by atoms with Crippen LogP contribution in [0.1, 0.15) is 36.2 Å². The highest BCUT2D eigenvalue weighted by atomic mass is 32.2. The number of hydrogen-bond donors (Lipinski definition) is 1. The monoisotopic (exact) mass is 255 g/mol. The first-order chi connectivity index (χ1) is 7.88. The SMILES string of the molecule is CCCNS(=O)(=O)c1cc(C(C)=O)ccc1C. The number of ketones is 1. The third-order valence-corrected chi connectivity index (χ3v) is 4.03. The zero-order valence-corrected chi connectivity index (χ0v) is 11.1.